The molecule has 0 saturated heterocycles. The molecule has 0 fully saturated rings. The first-order valence-corrected chi connectivity index (χ1v) is 6.65. The van der Waals surface area contributed by atoms with Crippen LogP contribution >= 0.6 is 11.8 Å². The summed E-state index contributed by atoms with van der Waals surface area (Å²) >= 11 is 0.879. The normalized spacial score (nSPS) is 15.7. The summed E-state index contributed by atoms with van der Waals surface area (Å²) in [5.41, 5.74) is 0.490. The monoisotopic (exact) mass is 284 g/mol. The number of thioether (sulfide) groups is 1. The highest BCUT2D eigenvalue weighted by molar-refractivity contribution is 8.13. The van der Waals surface area contributed by atoms with Crippen molar-refractivity contribution in [3.63, 3.8) is 0 Å². The molecular formula is C12H16N2O4S. The van der Waals surface area contributed by atoms with Crippen LogP contribution in [0.25, 0.3) is 0 Å². The molecule has 1 amide bonds. The van der Waals surface area contributed by atoms with Gasteiger partial charge >= 0.3 is 5.97 Å². The van der Waals surface area contributed by atoms with Gasteiger partial charge in [-0.2, -0.15) is 0 Å². The first kappa shape index (κ1) is 15.3. The zero-order valence-corrected chi connectivity index (χ0v) is 11.6. The molecule has 1 atom stereocenters. The Bertz CT molecular complexity index is 445. The summed E-state index contributed by atoms with van der Waals surface area (Å²) in [4.78, 5) is 35.5. The van der Waals surface area contributed by atoms with Crippen LogP contribution < -0.4 is 5.32 Å². The van der Waals surface area contributed by atoms with Crippen molar-refractivity contribution in [2.75, 3.05) is 12.8 Å². The number of hydrogen-bond donors (Lipinski definition) is 2. The van der Waals surface area contributed by atoms with Gasteiger partial charge in [-0.05, 0) is 12.6 Å². The van der Waals surface area contributed by atoms with E-state index in [4.69, 9.17) is 5.11 Å². The second-order valence-corrected chi connectivity index (χ2v) is 5.27. The van der Waals surface area contributed by atoms with Crippen LogP contribution in [0.1, 0.15) is 13.3 Å². The van der Waals surface area contributed by atoms with Crippen molar-refractivity contribution in [1.82, 2.24) is 10.2 Å². The molecule has 104 valence electrons. The molecule has 1 rings (SSSR count). The lowest BCUT2D eigenvalue weighted by atomic mass is 10.1. The molecule has 1 aliphatic rings. The summed E-state index contributed by atoms with van der Waals surface area (Å²) in [5.74, 6) is -1.55. The van der Waals surface area contributed by atoms with E-state index in [0.29, 0.717) is 12.0 Å². The third-order valence-corrected chi connectivity index (χ3v) is 3.29. The standard InChI is InChI=1S/C12H16N2O4S/c1-8(15)19-7-10(12(17)18)13-11(16)9-4-3-5-14(2)6-9/h3,5-6,10H,4,7H2,1-2H3,(H,13,16)(H,17,18). The highest BCUT2D eigenvalue weighted by atomic mass is 32.2. The van der Waals surface area contributed by atoms with Gasteiger partial charge in [0.15, 0.2) is 5.12 Å². The summed E-state index contributed by atoms with van der Waals surface area (Å²) in [6.07, 6.45) is 5.74. The van der Waals surface area contributed by atoms with E-state index in [9.17, 15) is 14.4 Å². The first-order valence-electron chi connectivity index (χ1n) is 5.66. The number of aliphatic carboxylic acids is 1. The molecule has 0 aromatic carbocycles. The van der Waals surface area contributed by atoms with E-state index in [1.807, 2.05) is 12.3 Å². The molecule has 6 nitrogen and oxygen atoms in total. The Balaban J connectivity index is 2.61. The molecule has 0 aromatic rings. The molecule has 7 heteroatoms. The lowest BCUT2D eigenvalue weighted by Crippen LogP contribution is -2.43. The average molecular weight is 284 g/mol. The van der Waals surface area contributed by atoms with Gasteiger partial charge in [0.1, 0.15) is 6.04 Å². The second kappa shape index (κ2) is 6.98. The van der Waals surface area contributed by atoms with Crippen LogP contribution in [0.4, 0.5) is 0 Å². The predicted molar refractivity (Wildman–Crippen MR) is 72.3 cm³/mol. The number of hydrogen-bond acceptors (Lipinski definition) is 5. The molecule has 0 bridgehead atoms. The number of rotatable bonds is 5. The van der Waals surface area contributed by atoms with Gasteiger partial charge in [0.05, 0.1) is 0 Å². The van der Waals surface area contributed by atoms with Crippen LogP contribution in [0.3, 0.4) is 0 Å². The number of carboxylic acids is 1. The smallest absolute Gasteiger partial charge is 0.327 e. The van der Waals surface area contributed by atoms with Crippen LogP contribution in [-0.2, 0) is 14.4 Å². The van der Waals surface area contributed by atoms with Crippen molar-refractivity contribution in [2.24, 2.45) is 0 Å². The van der Waals surface area contributed by atoms with Gasteiger partial charge in [0.25, 0.3) is 0 Å². The lowest BCUT2D eigenvalue weighted by Gasteiger charge is -2.18. The number of nitrogens with zero attached hydrogens (tertiary/aromatic N) is 1. The Hall–Kier alpha value is -1.76. The number of carbonyl (C=O) groups is 3. The summed E-state index contributed by atoms with van der Waals surface area (Å²) in [5, 5.41) is 11.2. The maximum absolute atomic E-state index is 11.9. The zero-order valence-electron chi connectivity index (χ0n) is 10.8. The van der Waals surface area contributed by atoms with E-state index in [-0.39, 0.29) is 10.9 Å². The fourth-order valence-corrected chi connectivity index (χ4v) is 2.09. The van der Waals surface area contributed by atoms with Crippen molar-refractivity contribution >= 4 is 28.8 Å². The molecule has 1 aliphatic heterocycles. The average Bonchev–Trinajstić information content (AvgIpc) is 2.33. The largest absolute Gasteiger partial charge is 0.480 e. The van der Waals surface area contributed by atoms with Gasteiger partial charge in [0.2, 0.25) is 5.91 Å². The predicted octanol–water partition coefficient (Wildman–Crippen LogP) is 0.569. The summed E-state index contributed by atoms with van der Waals surface area (Å²) in [6, 6.07) is -1.07. The molecule has 0 aromatic heterocycles. The maximum Gasteiger partial charge on any atom is 0.327 e. The van der Waals surface area contributed by atoms with Crippen molar-refractivity contribution in [1.29, 1.82) is 0 Å². The van der Waals surface area contributed by atoms with Crippen LogP contribution in [0, 0.1) is 0 Å². The molecule has 0 aliphatic carbocycles. The molecule has 1 heterocycles. The third kappa shape index (κ3) is 5.17. The maximum atomic E-state index is 11.9. The topological polar surface area (TPSA) is 86.7 Å². The SMILES string of the molecule is CC(=O)SCC(NC(=O)C1=CN(C)C=CC1)C(=O)O. The van der Waals surface area contributed by atoms with E-state index in [1.54, 1.807) is 18.1 Å². The van der Waals surface area contributed by atoms with Crippen molar-refractivity contribution in [3.8, 4) is 0 Å². The Morgan fingerprint density at radius 1 is 1.53 bits per heavy atom. The van der Waals surface area contributed by atoms with Gasteiger partial charge in [0, 0.05) is 31.5 Å². The van der Waals surface area contributed by atoms with Crippen LogP contribution in [0.15, 0.2) is 24.0 Å². The number of carbonyl (C=O) groups excluding carboxylic acids is 2. The van der Waals surface area contributed by atoms with E-state index in [0.717, 1.165) is 11.8 Å². The fourth-order valence-electron chi connectivity index (χ4n) is 1.47. The van der Waals surface area contributed by atoms with Crippen LogP contribution in [-0.4, -0.2) is 45.8 Å². The lowest BCUT2D eigenvalue weighted by molar-refractivity contribution is -0.140. The minimum Gasteiger partial charge on any atom is -0.480 e. The Morgan fingerprint density at radius 2 is 2.21 bits per heavy atom. The van der Waals surface area contributed by atoms with Crippen LogP contribution in [0.5, 0.6) is 0 Å². The molecular weight excluding hydrogens is 268 g/mol. The number of carboxylic acid groups (broad SMARTS) is 1. The number of allylic oxidation sites excluding steroid dienone is 1. The molecule has 0 radical (unpaired) electrons. The highest BCUT2D eigenvalue weighted by Gasteiger charge is 2.22. The zero-order chi connectivity index (χ0) is 14.4. The Labute approximate surface area is 115 Å². The summed E-state index contributed by atoms with van der Waals surface area (Å²) in [7, 11) is 1.78. The number of nitrogens with one attached hydrogen (secondary N) is 1. The molecule has 0 spiro atoms. The van der Waals surface area contributed by atoms with Gasteiger partial charge < -0.3 is 15.3 Å². The molecule has 1 unspecified atom stereocenters. The van der Waals surface area contributed by atoms with E-state index < -0.39 is 17.9 Å². The van der Waals surface area contributed by atoms with Gasteiger partial charge in [-0.3, -0.25) is 9.59 Å². The quantitative estimate of drug-likeness (QED) is 0.767. The van der Waals surface area contributed by atoms with E-state index in [2.05, 4.69) is 5.32 Å². The third-order valence-electron chi connectivity index (χ3n) is 2.39. The number of amides is 1. The second-order valence-electron chi connectivity index (χ2n) is 4.08. The first-order chi connectivity index (χ1) is 8.90. The molecule has 19 heavy (non-hydrogen) atoms. The Morgan fingerprint density at radius 3 is 2.74 bits per heavy atom. The van der Waals surface area contributed by atoms with Gasteiger partial charge in [-0.1, -0.05) is 17.8 Å². The molecule has 2 N–H and O–H groups in total. The van der Waals surface area contributed by atoms with E-state index >= 15 is 0 Å². The minimum atomic E-state index is -1.15. The summed E-state index contributed by atoms with van der Waals surface area (Å²) < 4.78 is 0. The van der Waals surface area contributed by atoms with Crippen LogP contribution in [0.2, 0.25) is 0 Å². The van der Waals surface area contributed by atoms with E-state index in [1.165, 1.54) is 6.92 Å². The molecule has 0 saturated carbocycles. The highest BCUT2D eigenvalue weighted by Crippen LogP contribution is 2.12. The Kier molecular flexibility index (Phi) is 5.62. The van der Waals surface area contributed by atoms with Crippen molar-refractivity contribution in [3.05, 3.63) is 24.0 Å². The van der Waals surface area contributed by atoms with Gasteiger partial charge in [-0.15, -0.1) is 0 Å². The van der Waals surface area contributed by atoms with Gasteiger partial charge in [-0.25, -0.2) is 4.79 Å². The van der Waals surface area contributed by atoms with Crippen molar-refractivity contribution in [2.45, 2.75) is 19.4 Å². The minimum absolute atomic E-state index is 0.0232. The fraction of sp³-hybridized carbons (Fsp3) is 0.417. The van der Waals surface area contributed by atoms with Crippen molar-refractivity contribution < 1.29 is 19.5 Å². The summed E-state index contributed by atoms with van der Waals surface area (Å²) in [6.45, 7) is 1.36.